The summed E-state index contributed by atoms with van der Waals surface area (Å²) in [4.78, 5) is 12.2. The van der Waals surface area contributed by atoms with E-state index in [1.807, 2.05) is 12.1 Å². The maximum absolute atomic E-state index is 12.2. The minimum Gasteiger partial charge on any atom is -0.497 e. The zero-order chi connectivity index (χ0) is 23.1. The van der Waals surface area contributed by atoms with Gasteiger partial charge in [0.1, 0.15) is 12.4 Å². The van der Waals surface area contributed by atoms with E-state index in [2.05, 4.69) is 33.1 Å². The Morgan fingerprint density at radius 3 is 2.47 bits per heavy atom. The minimum atomic E-state index is -0.328. The van der Waals surface area contributed by atoms with Crippen LogP contribution in [0, 0.1) is 3.57 Å². The Kier molecular flexibility index (Phi) is 8.60. The van der Waals surface area contributed by atoms with E-state index < -0.39 is 0 Å². The Hall–Kier alpha value is -2.49. The molecule has 3 rings (SSSR count). The summed E-state index contributed by atoms with van der Waals surface area (Å²) < 4.78 is 17.3. The molecule has 6 nitrogen and oxygen atoms in total. The Bertz CT molecular complexity index is 1140. The van der Waals surface area contributed by atoms with Crippen molar-refractivity contribution in [3.63, 3.8) is 0 Å². The van der Waals surface area contributed by atoms with Gasteiger partial charge >= 0.3 is 0 Å². The fourth-order valence-electron chi connectivity index (χ4n) is 2.72. The van der Waals surface area contributed by atoms with Gasteiger partial charge in [0.15, 0.2) is 11.5 Å². The smallest absolute Gasteiger partial charge is 0.271 e. The number of benzene rings is 3. The zero-order valence-corrected chi connectivity index (χ0v) is 20.9. The molecule has 0 saturated heterocycles. The van der Waals surface area contributed by atoms with Gasteiger partial charge in [-0.2, -0.15) is 5.10 Å². The van der Waals surface area contributed by atoms with Crippen molar-refractivity contribution in [2.45, 2.75) is 6.61 Å². The number of rotatable bonds is 8. The van der Waals surface area contributed by atoms with Gasteiger partial charge in [-0.05, 0) is 76.7 Å². The lowest BCUT2D eigenvalue weighted by atomic mass is 10.2. The van der Waals surface area contributed by atoms with Crippen LogP contribution in [0.3, 0.4) is 0 Å². The average molecular weight is 585 g/mol. The molecule has 0 heterocycles. The number of carbonyl (C=O) groups is 1. The molecule has 3 aromatic rings. The first kappa shape index (κ1) is 24.2. The average Bonchev–Trinajstić information content (AvgIpc) is 2.79. The molecule has 0 spiro atoms. The minimum absolute atomic E-state index is 0.258. The van der Waals surface area contributed by atoms with Gasteiger partial charge in [-0.25, -0.2) is 5.43 Å². The summed E-state index contributed by atoms with van der Waals surface area (Å²) in [7, 11) is 3.12. The van der Waals surface area contributed by atoms with Crippen molar-refractivity contribution in [3.05, 3.63) is 84.9 Å². The molecule has 166 valence electrons. The second-order valence-electron chi connectivity index (χ2n) is 6.49. The van der Waals surface area contributed by atoms with Crippen LogP contribution in [0.15, 0.2) is 59.7 Å². The fourth-order valence-corrected chi connectivity index (χ4v) is 3.96. The molecular formula is C23H19Cl2IN2O4. The summed E-state index contributed by atoms with van der Waals surface area (Å²) >= 11 is 14.3. The Labute approximate surface area is 209 Å². The Morgan fingerprint density at radius 1 is 1.06 bits per heavy atom. The third kappa shape index (κ3) is 6.27. The quantitative estimate of drug-likeness (QED) is 0.202. The zero-order valence-electron chi connectivity index (χ0n) is 17.2. The molecule has 0 aromatic heterocycles. The number of methoxy groups -OCH3 is 2. The highest BCUT2D eigenvalue weighted by Crippen LogP contribution is 2.35. The summed E-state index contributed by atoms with van der Waals surface area (Å²) in [5.74, 6) is 1.46. The molecule has 1 N–H and O–H groups in total. The SMILES string of the molecule is COc1ccc(C(=O)N/N=C\c2cc(I)c(OCc3ccc(Cl)cc3Cl)c(OC)c2)cc1. The van der Waals surface area contributed by atoms with Crippen molar-refractivity contribution in [1.82, 2.24) is 5.43 Å². The first-order chi connectivity index (χ1) is 15.4. The van der Waals surface area contributed by atoms with Crippen molar-refractivity contribution in [1.29, 1.82) is 0 Å². The van der Waals surface area contributed by atoms with Crippen LogP contribution in [0.25, 0.3) is 0 Å². The third-order valence-corrected chi connectivity index (χ3v) is 5.76. The first-order valence-corrected chi connectivity index (χ1v) is 11.2. The largest absolute Gasteiger partial charge is 0.497 e. The molecule has 0 radical (unpaired) electrons. The van der Waals surface area contributed by atoms with E-state index in [0.717, 1.165) is 14.7 Å². The fraction of sp³-hybridized carbons (Fsp3) is 0.130. The number of nitrogens with one attached hydrogen (secondary N) is 1. The van der Waals surface area contributed by atoms with Gasteiger partial charge in [-0.15, -0.1) is 0 Å². The standard InChI is InChI=1S/C23H19Cl2IN2O4/c1-30-18-7-4-15(5-8-18)23(29)28-27-12-14-9-20(26)22(21(10-14)31-2)32-13-16-3-6-17(24)11-19(16)25/h3-12H,13H2,1-2H3,(H,28,29)/b27-12-. The van der Waals surface area contributed by atoms with E-state index in [4.69, 9.17) is 37.4 Å². The Balaban J connectivity index is 1.68. The molecule has 1 amide bonds. The first-order valence-electron chi connectivity index (χ1n) is 9.33. The van der Waals surface area contributed by atoms with Crippen LogP contribution >= 0.6 is 45.8 Å². The lowest BCUT2D eigenvalue weighted by Gasteiger charge is -2.14. The molecule has 0 aliphatic rings. The number of nitrogens with zero attached hydrogens (tertiary/aromatic N) is 1. The highest BCUT2D eigenvalue weighted by Gasteiger charge is 2.13. The number of ether oxygens (including phenoxy) is 3. The van der Waals surface area contributed by atoms with Gasteiger partial charge in [-0.1, -0.05) is 29.3 Å². The molecule has 9 heteroatoms. The predicted octanol–water partition coefficient (Wildman–Crippen LogP) is 5.96. The predicted molar refractivity (Wildman–Crippen MR) is 135 cm³/mol. The molecule has 0 saturated carbocycles. The molecule has 0 aliphatic heterocycles. The number of hydrazone groups is 1. The molecule has 0 aliphatic carbocycles. The maximum Gasteiger partial charge on any atom is 0.271 e. The van der Waals surface area contributed by atoms with Crippen molar-refractivity contribution >= 4 is 57.9 Å². The van der Waals surface area contributed by atoms with Crippen LogP contribution in [0.2, 0.25) is 10.0 Å². The number of hydrogen-bond donors (Lipinski definition) is 1. The number of carbonyl (C=O) groups excluding carboxylic acids is 1. The highest BCUT2D eigenvalue weighted by atomic mass is 127. The van der Waals surface area contributed by atoms with Crippen molar-refractivity contribution in [2.75, 3.05) is 14.2 Å². The number of amides is 1. The van der Waals surface area contributed by atoms with E-state index in [0.29, 0.717) is 32.9 Å². The molecule has 0 unspecified atom stereocenters. The van der Waals surface area contributed by atoms with Crippen LogP contribution in [-0.4, -0.2) is 26.3 Å². The molecule has 0 bridgehead atoms. The molecule has 32 heavy (non-hydrogen) atoms. The molecule has 0 atom stereocenters. The lowest BCUT2D eigenvalue weighted by molar-refractivity contribution is 0.0955. The monoisotopic (exact) mass is 584 g/mol. The lowest BCUT2D eigenvalue weighted by Crippen LogP contribution is -2.17. The van der Waals surface area contributed by atoms with Crippen LogP contribution in [0.4, 0.5) is 0 Å². The molecule has 0 fully saturated rings. The number of hydrogen-bond acceptors (Lipinski definition) is 5. The summed E-state index contributed by atoms with van der Waals surface area (Å²) in [6, 6.07) is 15.6. The van der Waals surface area contributed by atoms with Crippen LogP contribution in [0.5, 0.6) is 17.2 Å². The van der Waals surface area contributed by atoms with Crippen LogP contribution in [0.1, 0.15) is 21.5 Å². The summed E-state index contributed by atoms with van der Waals surface area (Å²) in [6.45, 7) is 0.258. The van der Waals surface area contributed by atoms with E-state index in [-0.39, 0.29) is 12.5 Å². The van der Waals surface area contributed by atoms with E-state index in [1.54, 1.807) is 56.7 Å². The second kappa shape index (κ2) is 11.4. The van der Waals surface area contributed by atoms with Gasteiger partial charge in [-0.3, -0.25) is 4.79 Å². The summed E-state index contributed by atoms with van der Waals surface area (Å²) in [5, 5.41) is 5.13. The summed E-state index contributed by atoms with van der Waals surface area (Å²) in [6.07, 6.45) is 1.53. The van der Waals surface area contributed by atoms with Gasteiger partial charge in [0, 0.05) is 21.2 Å². The maximum atomic E-state index is 12.2. The van der Waals surface area contributed by atoms with E-state index >= 15 is 0 Å². The van der Waals surface area contributed by atoms with Crippen molar-refractivity contribution in [3.8, 4) is 17.2 Å². The van der Waals surface area contributed by atoms with E-state index in [1.165, 1.54) is 6.21 Å². The topological polar surface area (TPSA) is 69.2 Å². The van der Waals surface area contributed by atoms with Gasteiger partial charge in [0.2, 0.25) is 0 Å². The van der Waals surface area contributed by atoms with Gasteiger partial charge in [0.05, 0.1) is 24.0 Å². The Morgan fingerprint density at radius 2 is 1.81 bits per heavy atom. The number of halogens is 3. The molecule has 3 aromatic carbocycles. The second-order valence-corrected chi connectivity index (χ2v) is 8.49. The van der Waals surface area contributed by atoms with E-state index in [9.17, 15) is 4.79 Å². The molecular weight excluding hydrogens is 566 g/mol. The third-order valence-electron chi connectivity index (χ3n) is 4.37. The summed E-state index contributed by atoms with van der Waals surface area (Å²) in [5.41, 5.74) is 4.52. The normalized spacial score (nSPS) is 10.8. The van der Waals surface area contributed by atoms with Gasteiger partial charge in [0.25, 0.3) is 5.91 Å². The highest BCUT2D eigenvalue weighted by molar-refractivity contribution is 14.1. The van der Waals surface area contributed by atoms with Crippen LogP contribution in [-0.2, 0) is 6.61 Å². The van der Waals surface area contributed by atoms with Crippen LogP contribution < -0.4 is 19.6 Å². The van der Waals surface area contributed by atoms with Crippen molar-refractivity contribution in [2.24, 2.45) is 5.10 Å². The van der Waals surface area contributed by atoms with Crippen molar-refractivity contribution < 1.29 is 19.0 Å². The van der Waals surface area contributed by atoms with Gasteiger partial charge < -0.3 is 14.2 Å².